The zero-order valence-corrected chi connectivity index (χ0v) is 11.0. The first-order valence-electron chi connectivity index (χ1n) is 6.31. The number of rotatable bonds is 3. The summed E-state index contributed by atoms with van der Waals surface area (Å²) >= 11 is 0. The van der Waals surface area contributed by atoms with Crippen LogP contribution in [-0.4, -0.2) is 9.97 Å². The van der Waals surface area contributed by atoms with E-state index in [4.69, 9.17) is 5.26 Å². The van der Waals surface area contributed by atoms with Gasteiger partial charge in [0.05, 0.1) is 5.69 Å². The molecule has 0 saturated carbocycles. The molecule has 4 nitrogen and oxygen atoms in total. The summed E-state index contributed by atoms with van der Waals surface area (Å²) in [7, 11) is 0. The van der Waals surface area contributed by atoms with Crippen molar-refractivity contribution < 1.29 is 0 Å². The number of aryl methyl sites for hydroxylation is 2. The van der Waals surface area contributed by atoms with Crippen molar-refractivity contribution in [2.75, 3.05) is 0 Å². The Bertz CT molecular complexity index is 678. The van der Waals surface area contributed by atoms with Gasteiger partial charge in [0.2, 0.25) is 0 Å². The molecule has 0 aliphatic heterocycles. The maximum atomic E-state index is 11.6. The van der Waals surface area contributed by atoms with Crippen LogP contribution in [0.25, 0.3) is 11.3 Å². The molecule has 96 valence electrons. The second kappa shape index (κ2) is 5.49. The van der Waals surface area contributed by atoms with E-state index in [1.807, 2.05) is 31.3 Å². The van der Waals surface area contributed by atoms with Crippen molar-refractivity contribution in [1.82, 2.24) is 9.97 Å². The first kappa shape index (κ1) is 13.0. The highest BCUT2D eigenvalue weighted by molar-refractivity contribution is 5.63. The van der Waals surface area contributed by atoms with Crippen molar-refractivity contribution in [3.05, 3.63) is 51.6 Å². The third-order valence-corrected chi connectivity index (χ3v) is 3.11. The van der Waals surface area contributed by atoms with Gasteiger partial charge in [0.1, 0.15) is 11.6 Å². The molecule has 0 fully saturated rings. The van der Waals surface area contributed by atoms with E-state index in [1.165, 1.54) is 0 Å². The highest BCUT2D eigenvalue weighted by Gasteiger charge is 2.10. The lowest BCUT2D eigenvalue weighted by Crippen LogP contribution is -2.13. The molecule has 2 rings (SSSR count). The summed E-state index contributed by atoms with van der Waals surface area (Å²) < 4.78 is 0. The van der Waals surface area contributed by atoms with E-state index in [0.29, 0.717) is 6.42 Å². The third-order valence-electron chi connectivity index (χ3n) is 3.11. The van der Waals surface area contributed by atoms with Crippen LogP contribution in [0.4, 0.5) is 0 Å². The molecule has 1 N–H and O–H groups in total. The molecule has 0 aromatic carbocycles. The molecule has 2 heterocycles. The van der Waals surface area contributed by atoms with E-state index in [9.17, 15) is 4.79 Å². The molecule has 4 heteroatoms. The molecule has 0 saturated heterocycles. The number of aromatic amines is 1. The average Bonchev–Trinajstić information content (AvgIpc) is 2.47. The summed E-state index contributed by atoms with van der Waals surface area (Å²) in [5.41, 5.74) is 3.34. The Kier molecular flexibility index (Phi) is 3.76. The van der Waals surface area contributed by atoms with E-state index < -0.39 is 0 Å². The van der Waals surface area contributed by atoms with Gasteiger partial charge in [-0.15, -0.1) is 0 Å². The van der Waals surface area contributed by atoms with Gasteiger partial charge < -0.3 is 4.98 Å². The van der Waals surface area contributed by atoms with Crippen molar-refractivity contribution in [1.29, 1.82) is 5.26 Å². The highest BCUT2D eigenvalue weighted by Crippen LogP contribution is 2.21. The van der Waals surface area contributed by atoms with Crippen molar-refractivity contribution in [2.45, 2.75) is 26.7 Å². The number of hydrogen-bond acceptors (Lipinski definition) is 3. The number of pyridine rings is 2. The molecule has 2 aromatic heterocycles. The molecule has 0 atom stereocenters. The predicted octanol–water partition coefficient (Wildman–Crippen LogP) is 2.43. The van der Waals surface area contributed by atoms with Crippen molar-refractivity contribution >= 4 is 0 Å². The van der Waals surface area contributed by atoms with Gasteiger partial charge in [-0.1, -0.05) is 19.9 Å². The Morgan fingerprint density at radius 2 is 2.11 bits per heavy atom. The van der Waals surface area contributed by atoms with Crippen molar-refractivity contribution in [3.63, 3.8) is 0 Å². The van der Waals surface area contributed by atoms with Crippen molar-refractivity contribution in [3.8, 4) is 17.3 Å². The Hall–Kier alpha value is -2.41. The average molecular weight is 253 g/mol. The summed E-state index contributed by atoms with van der Waals surface area (Å²) in [6.07, 6.45) is 3.45. The monoisotopic (exact) mass is 253 g/mol. The molecular weight excluding hydrogens is 238 g/mol. The Labute approximate surface area is 111 Å². The van der Waals surface area contributed by atoms with Gasteiger partial charge in [0, 0.05) is 17.5 Å². The molecule has 0 bridgehead atoms. The van der Waals surface area contributed by atoms with Gasteiger partial charge in [-0.25, -0.2) is 0 Å². The van der Waals surface area contributed by atoms with Crippen LogP contribution in [0.15, 0.2) is 29.2 Å². The van der Waals surface area contributed by atoms with Crippen LogP contribution >= 0.6 is 0 Å². The number of H-pyrrole nitrogens is 1. The normalized spacial score (nSPS) is 10.2. The molecular formula is C15H15N3O. The Morgan fingerprint density at radius 1 is 1.32 bits per heavy atom. The number of hydrogen-bond donors (Lipinski definition) is 1. The minimum Gasteiger partial charge on any atom is -0.324 e. The molecule has 0 unspecified atom stereocenters. The standard InChI is InChI=1S/C15H15N3O/c1-3-10-5-6-14(17-9-10)12-7-11(8-16)15(19)18-13(12)4-2/h5-7,9H,3-4H2,1-2H3,(H,18,19). The second-order valence-corrected chi connectivity index (χ2v) is 4.27. The van der Waals surface area contributed by atoms with Crippen LogP contribution in [0.3, 0.4) is 0 Å². The fraction of sp³-hybridized carbons (Fsp3) is 0.267. The van der Waals surface area contributed by atoms with Gasteiger partial charge in [0.15, 0.2) is 0 Å². The lowest BCUT2D eigenvalue weighted by molar-refractivity contribution is 1.00. The SMILES string of the molecule is CCc1ccc(-c2cc(C#N)c(=O)[nH]c2CC)nc1. The molecule has 19 heavy (non-hydrogen) atoms. The molecule has 0 amide bonds. The smallest absolute Gasteiger partial charge is 0.266 e. The summed E-state index contributed by atoms with van der Waals surface area (Å²) in [6.45, 7) is 4.03. The Balaban J connectivity index is 2.59. The molecule has 0 aliphatic carbocycles. The van der Waals surface area contributed by atoms with Gasteiger partial charge in [-0.05, 0) is 30.5 Å². The van der Waals surface area contributed by atoms with Crippen LogP contribution in [0.5, 0.6) is 0 Å². The van der Waals surface area contributed by atoms with E-state index >= 15 is 0 Å². The minimum absolute atomic E-state index is 0.119. The third kappa shape index (κ3) is 2.55. The summed E-state index contributed by atoms with van der Waals surface area (Å²) in [6, 6.07) is 7.46. The van der Waals surface area contributed by atoms with E-state index in [1.54, 1.807) is 6.07 Å². The first-order chi connectivity index (χ1) is 9.19. The number of aromatic nitrogens is 2. The lowest BCUT2D eigenvalue weighted by Gasteiger charge is -2.08. The van der Waals surface area contributed by atoms with Gasteiger partial charge in [-0.3, -0.25) is 9.78 Å². The van der Waals surface area contributed by atoms with Crippen LogP contribution in [0, 0.1) is 11.3 Å². The zero-order chi connectivity index (χ0) is 13.8. The van der Waals surface area contributed by atoms with Gasteiger partial charge in [-0.2, -0.15) is 5.26 Å². The van der Waals surface area contributed by atoms with Crippen LogP contribution in [0.2, 0.25) is 0 Å². The molecule has 2 aromatic rings. The van der Waals surface area contributed by atoms with E-state index in [2.05, 4.69) is 16.9 Å². The first-order valence-corrected chi connectivity index (χ1v) is 6.31. The summed E-state index contributed by atoms with van der Waals surface area (Å²) in [5, 5.41) is 8.95. The fourth-order valence-corrected chi connectivity index (χ4v) is 1.95. The Morgan fingerprint density at radius 3 is 2.63 bits per heavy atom. The van der Waals surface area contributed by atoms with Gasteiger partial charge in [0.25, 0.3) is 5.56 Å². The minimum atomic E-state index is -0.340. The number of nitrogens with one attached hydrogen (secondary N) is 1. The second-order valence-electron chi connectivity index (χ2n) is 4.27. The van der Waals surface area contributed by atoms with Gasteiger partial charge >= 0.3 is 0 Å². The van der Waals surface area contributed by atoms with Crippen molar-refractivity contribution in [2.24, 2.45) is 0 Å². The number of nitrogens with zero attached hydrogens (tertiary/aromatic N) is 2. The van der Waals surface area contributed by atoms with E-state index in [0.717, 1.165) is 28.9 Å². The largest absolute Gasteiger partial charge is 0.324 e. The quantitative estimate of drug-likeness (QED) is 0.913. The fourth-order valence-electron chi connectivity index (χ4n) is 1.95. The predicted molar refractivity (Wildman–Crippen MR) is 73.8 cm³/mol. The molecule has 0 aliphatic rings. The van der Waals surface area contributed by atoms with E-state index in [-0.39, 0.29) is 11.1 Å². The van der Waals surface area contributed by atoms with Crippen LogP contribution in [0.1, 0.15) is 30.7 Å². The molecule has 0 spiro atoms. The maximum absolute atomic E-state index is 11.6. The lowest BCUT2D eigenvalue weighted by atomic mass is 10.0. The summed E-state index contributed by atoms with van der Waals surface area (Å²) in [4.78, 5) is 18.8. The van der Waals surface area contributed by atoms with Crippen LogP contribution in [-0.2, 0) is 12.8 Å². The molecule has 0 radical (unpaired) electrons. The van der Waals surface area contributed by atoms with Crippen LogP contribution < -0.4 is 5.56 Å². The topological polar surface area (TPSA) is 69.5 Å². The zero-order valence-electron chi connectivity index (χ0n) is 11.0. The number of nitriles is 1. The highest BCUT2D eigenvalue weighted by atomic mass is 16.1. The maximum Gasteiger partial charge on any atom is 0.266 e. The summed E-state index contributed by atoms with van der Waals surface area (Å²) in [5.74, 6) is 0.